The molecule has 0 unspecified atom stereocenters. The van der Waals surface area contributed by atoms with Gasteiger partial charge in [-0.15, -0.1) is 11.8 Å². The first-order valence-electron chi connectivity index (χ1n) is 8.03. The molecule has 1 aliphatic rings. The molecule has 0 aliphatic carbocycles. The zero-order valence-corrected chi connectivity index (χ0v) is 14.1. The van der Waals surface area contributed by atoms with E-state index in [2.05, 4.69) is 10.6 Å². The standard InChI is InChI=1S/C19H20N2O2S/c22-18(20-12-14-6-2-1-3-7-14)13-24-17-11-10-15-8-4-5-9-16(15)21-19(17)23/h1-9,17H,10-13H2,(H,20,22)(H,21,23)/t17-/m1/s1. The van der Waals surface area contributed by atoms with E-state index in [-0.39, 0.29) is 17.1 Å². The van der Waals surface area contributed by atoms with Crippen molar-refractivity contribution in [3.05, 3.63) is 65.7 Å². The fourth-order valence-corrected chi connectivity index (χ4v) is 3.62. The summed E-state index contributed by atoms with van der Waals surface area (Å²) in [5.74, 6) is 0.237. The van der Waals surface area contributed by atoms with Crippen molar-refractivity contribution in [3.8, 4) is 0 Å². The fourth-order valence-electron chi connectivity index (χ4n) is 2.67. The summed E-state index contributed by atoms with van der Waals surface area (Å²) in [6.07, 6.45) is 1.59. The van der Waals surface area contributed by atoms with Crippen LogP contribution < -0.4 is 10.6 Å². The smallest absolute Gasteiger partial charge is 0.237 e. The second-order valence-corrected chi connectivity index (χ2v) is 6.94. The molecule has 0 saturated heterocycles. The number of nitrogens with one attached hydrogen (secondary N) is 2. The number of aryl methyl sites for hydroxylation is 1. The van der Waals surface area contributed by atoms with Crippen LogP contribution in [0.3, 0.4) is 0 Å². The normalized spacial score (nSPS) is 16.7. The number of rotatable bonds is 5. The number of benzene rings is 2. The number of para-hydroxylation sites is 1. The Labute approximate surface area is 146 Å². The van der Waals surface area contributed by atoms with Crippen molar-refractivity contribution in [2.75, 3.05) is 11.1 Å². The Balaban J connectivity index is 1.48. The van der Waals surface area contributed by atoms with Crippen molar-refractivity contribution in [1.29, 1.82) is 0 Å². The van der Waals surface area contributed by atoms with E-state index in [1.165, 1.54) is 11.8 Å². The summed E-state index contributed by atoms with van der Waals surface area (Å²) in [5, 5.41) is 5.66. The molecule has 3 rings (SSSR count). The van der Waals surface area contributed by atoms with Crippen LogP contribution in [-0.4, -0.2) is 22.8 Å². The van der Waals surface area contributed by atoms with Crippen LogP contribution in [0.25, 0.3) is 0 Å². The zero-order valence-electron chi connectivity index (χ0n) is 13.3. The second-order valence-electron chi connectivity index (χ2n) is 5.75. The highest BCUT2D eigenvalue weighted by Crippen LogP contribution is 2.26. The predicted octanol–water partition coefficient (Wildman–Crippen LogP) is 2.99. The third kappa shape index (κ3) is 4.38. The molecule has 2 N–H and O–H groups in total. The number of carbonyl (C=O) groups is 2. The molecule has 0 aromatic heterocycles. The van der Waals surface area contributed by atoms with E-state index in [9.17, 15) is 9.59 Å². The number of carbonyl (C=O) groups excluding carboxylic acids is 2. The Bertz CT molecular complexity index is 718. The van der Waals surface area contributed by atoms with Gasteiger partial charge in [-0.1, -0.05) is 48.5 Å². The van der Waals surface area contributed by atoms with Crippen molar-refractivity contribution < 1.29 is 9.59 Å². The SMILES string of the molecule is O=C(CS[C@@H]1CCc2ccccc2NC1=O)NCc1ccccc1. The Morgan fingerprint density at radius 3 is 2.71 bits per heavy atom. The molecule has 4 nitrogen and oxygen atoms in total. The molecular weight excluding hydrogens is 320 g/mol. The maximum absolute atomic E-state index is 12.3. The molecule has 0 radical (unpaired) electrons. The average Bonchev–Trinajstić information content (AvgIpc) is 2.77. The quantitative estimate of drug-likeness (QED) is 0.880. The minimum atomic E-state index is -0.195. The van der Waals surface area contributed by atoms with Gasteiger partial charge in [0.1, 0.15) is 0 Å². The highest BCUT2D eigenvalue weighted by Gasteiger charge is 2.24. The summed E-state index contributed by atoms with van der Waals surface area (Å²) in [5.41, 5.74) is 3.11. The largest absolute Gasteiger partial charge is 0.351 e. The maximum atomic E-state index is 12.3. The van der Waals surface area contributed by atoms with Gasteiger partial charge in [0.05, 0.1) is 11.0 Å². The Hall–Kier alpha value is -2.27. The van der Waals surface area contributed by atoms with E-state index in [4.69, 9.17) is 0 Å². The number of hydrogen-bond acceptors (Lipinski definition) is 3. The van der Waals surface area contributed by atoms with Gasteiger partial charge in [0, 0.05) is 12.2 Å². The van der Waals surface area contributed by atoms with Gasteiger partial charge >= 0.3 is 0 Å². The summed E-state index contributed by atoms with van der Waals surface area (Å²) >= 11 is 1.41. The molecular formula is C19H20N2O2S. The molecule has 0 saturated carbocycles. The molecule has 2 amide bonds. The average molecular weight is 340 g/mol. The van der Waals surface area contributed by atoms with E-state index in [0.29, 0.717) is 12.3 Å². The Morgan fingerprint density at radius 1 is 1.12 bits per heavy atom. The van der Waals surface area contributed by atoms with Gasteiger partial charge in [0.2, 0.25) is 11.8 Å². The summed E-state index contributed by atoms with van der Waals surface area (Å²) in [7, 11) is 0. The number of hydrogen-bond donors (Lipinski definition) is 2. The lowest BCUT2D eigenvalue weighted by atomic mass is 10.1. The third-order valence-electron chi connectivity index (χ3n) is 3.99. The topological polar surface area (TPSA) is 58.2 Å². The summed E-state index contributed by atoms with van der Waals surface area (Å²) in [6.45, 7) is 0.516. The van der Waals surface area contributed by atoms with Crippen molar-refractivity contribution in [2.45, 2.75) is 24.6 Å². The molecule has 2 aromatic carbocycles. The lowest BCUT2D eigenvalue weighted by Crippen LogP contribution is -2.29. The van der Waals surface area contributed by atoms with Gasteiger partial charge in [-0.05, 0) is 30.0 Å². The highest BCUT2D eigenvalue weighted by molar-refractivity contribution is 8.01. The molecule has 1 atom stereocenters. The molecule has 24 heavy (non-hydrogen) atoms. The van der Waals surface area contributed by atoms with Crippen molar-refractivity contribution in [2.24, 2.45) is 0 Å². The highest BCUT2D eigenvalue weighted by atomic mass is 32.2. The van der Waals surface area contributed by atoms with Crippen LogP contribution in [0.5, 0.6) is 0 Å². The molecule has 0 bridgehead atoms. The second kappa shape index (κ2) is 8.02. The van der Waals surface area contributed by atoms with Crippen LogP contribution in [0.2, 0.25) is 0 Å². The molecule has 1 aliphatic heterocycles. The van der Waals surface area contributed by atoms with Gasteiger partial charge in [0.15, 0.2) is 0 Å². The lowest BCUT2D eigenvalue weighted by Gasteiger charge is -2.12. The fraction of sp³-hybridized carbons (Fsp3) is 0.263. The monoisotopic (exact) mass is 340 g/mol. The molecule has 0 fully saturated rings. The minimum absolute atomic E-state index is 0.0131. The number of fused-ring (bicyclic) bond motifs is 1. The van der Waals surface area contributed by atoms with Gasteiger partial charge in [0.25, 0.3) is 0 Å². The first kappa shape index (κ1) is 16.6. The Morgan fingerprint density at radius 2 is 1.88 bits per heavy atom. The third-order valence-corrected chi connectivity index (χ3v) is 5.27. The van der Waals surface area contributed by atoms with E-state index < -0.39 is 0 Å². The van der Waals surface area contributed by atoms with Crippen LogP contribution in [-0.2, 0) is 22.6 Å². The minimum Gasteiger partial charge on any atom is -0.351 e. The summed E-state index contributed by atoms with van der Waals surface area (Å²) < 4.78 is 0. The molecule has 5 heteroatoms. The van der Waals surface area contributed by atoms with Gasteiger partial charge in [-0.2, -0.15) is 0 Å². The van der Waals surface area contributed by atoms with Crippen LogP contribution in [0.4, 0.5) is 5.69 Å². The first-order valence-corrected chi connectivity index (χ1v) is 9.08. The first-order chi connectivity index (χ1) is 11.7. The van der Waals surface area contributed by atoms with Crippen molar-refractivity contribution in [1.82, 2.24) is 5.32 Å². The van der Waals surface area contributed by atoms with Crippen LogP contribution in [0, 0.1) is 0 Å². The van der Waals surface area contributed by atoms with Crippen LogP contribution in [0.15, 0.2) is 54.6 Å². The molecule has 1 heterocycles. The van der Waals surface area contributed by atoms with Gasteiger partial charge < -0.3 is 10.6 Å². The summed E-state index contributed by atoms with van der Waals surface area (Å²) in [4.78, 5) is 24.3. The number of anilines is 1. The Kier molecular flexibility index (Phi) is 5.54. The zero-order chi connectivity index (χ0) is 16.8. The number of thioether (sulfide) groups is 1. The molecule has 2 aromatic rings. The van der Waals surface area contributed by atoms with Crippen molar-refractivity contribution >= 4 is 29.3 Å². The van der Waals surface area contributed by atoms with Crippen LogP contribution >= 0.6 is 11.8 Å². The van der Waals surface area contributed by atoms with Gasteiger partial charge in [-0.3, -0.25) is 9.59 Å². The van der Waals surface area contributed by atoms with E-state index in [1.54, 1.807) is 0 Å². The summed E-state index contributed by atoms with van der Waals surface area (Å²) in [6, 6.07) is 17.7. The van der Waals surface area contributed by atoms with E-state index in [1.807, 2.05) is 54.6 Å². The molecule has 0 spiro atoms. The maximum Gasteiger partial charge on any atom is 0.237 e. The lowest BCUT2D eigenvalue weighted by molar-refractivity contribution is -0.118. The van der Waals surface area contributed by atoms with Crippen LogP contribution in [0.1, 0.15) is 17.5 Å². The van der Waals surface area contributed by atoms with Crippen molar-refractivity contribution in [3.63, 3.8) is 0 Å². The van der Waals surface area contributed by atoms with E-state index >= 15 is 0 Å². The van der Waals surface area contributed by atoms with Gasteiger partial charge in [-0.25, -0.2) is 0 Å². The number of amides is 2. The molecule has 124 valence electrons. The van der Waals surface area contributed by atoms with E-state index in [0.717, 1.165) is 29.7 Å². The predicted molar refractivity (Wildman–Crippen MR) is 97.9 cm³/mol.